The zero-order valence-electron chi connectivity index (χ0n) is 27.9. The lowest BCUT2D eigenvalue weighted by molar-refractivity contribution is -0.386. The van der Waals surface area contributed by atoms with Crippen molar-refractivity contribution in [2.24, 2.45) is 4.99 Å². The summed E-state index contributed by atoms with van der Waals surface area (Å²) in [6, 6.07) is 15.8. The number of halogens is 1. The predicted molar refractivity (Wildman–Crippen MR) is 190 cm³/mol. The van der Waals surface area contributed by atoms with Crippen LogP contribution in [0.1, 0.15) is 67.7 Å². The van der Waals surface area contributed by atoms with E-state index in [2.05, 4.69) is 20.9 Å². The third-order valence-electron chi connectivity index (χ3n) is 7.48. The molecule has 0 saturated carbocycles. The molecular formula is C36H34BrN3O9S. The summed E-state index contributed by atoms with van der Waals surface area (Å²) in [7, 11) is 0. The fourth-order valence-electron chi connectivity index (χ4n) is 5.37. The molecule has 0 spiro atoms. The standard InChI is InChI=1S/C36H34BrN3O9S/c1-6-46-34(42)24-14-12-22(13-15-24)19-48-32-26(37)16-23(17-27(32)40(44)45)18-29-33(41)39-31(25-10-8-9-11-28(25)49-20(3)4)30(35(43)47-7-2)21(5)38-36(39)50-29/h8-18,20,31H,6-7,19H2,1-5H3/b29-18-/t31-/m0/s1. The Balaban J connectivity index is 1.55. The van der Waals surface area contributed by atoms with E-state index in [0.717, 1.165) is 11.3 Å². The van der Waals surface area contributed by atoms with Crippen molar-refractivity contribution in [1.29, 1.82) is 0 Å². The Morgan fingerprint density at radius 1 is 1.06 bits per heavy atom. The molecule has 260 valence electrons. The average Bonchev–Trinajstić information content (AvgIpc) is 3.37. The van der Waals surface area contributed by atoms with Gasteiger partial charge in [0.1, 0.15) is 18.4 Å². The number of aromatic nitrogens is 1. The Labute approximate surface area is 299 Å². The van der Waals surface area contributed by atoms with E-state index >= 15 is 0 Å². The number of nitro benzene ring substituents is 1. The Morgan fingerprint density at radius 2 is 1.74 bits per heavy atom. The third-order valence-corrected chi connectivity index (χ3v) is 9.05. The molecule has 0 radical (unpaired) electrons. The summed E-state index contributed by atoms with van der Waals surface area (Å²) in [4.78, 5) is 56.0. The van der Waals surface area contributed by atoms with E-state index in [1.165, 1.54) is 16.7 Å². The highest BCUT2D eigenvalue weighted by molar-refractivity contribution is 9.10. The van der Waals surface area contributed by atoms with Crippen LogP contribution in [0.5, 0.6) is 11.5 Å². The summed E-state index contributed by atoms with van der Waals surface area (Å²) in [5, 5.41) is 12.2. The number of nitro groups is 1. The van der Waals surface area contributed by atoms with Crippen molar-refractivity contribution in [2.45, 2.75) is 53.4 Å². The van der Waals surface area contributed by atoms with Crippen LogP contribution in [-0.2, 0) is 20.9 Å². The molecule has 0 bridgehead atoms. The molecule has 0 fully saturated rings. The van der Waals surface area contributed by atoms with Crippen LogP contribution in [0.15, 0.2) is 86.2 Å². The number of carbonyl (C=O) groups is 2. The number of fused-ring (bicyclic) bond motifs is 1. The second kappa shape index (κ2) is 15.6. The predicted octanol–water partition coefficient (Wildman–Crippen LogP) is 6.01. The Bertz CT molecular complexity index is 2170. The molecule has 2 heterocycles. The highest BCUT2D eigenvalue weighted by Gasteiger charge is 2.35. The number of allylic oxidation sites excluding steroid dienone is 1. The van der Waals surface area contributed by atoms with Gasteiger partial charge in [-0.15, -0.1) is 0 Å². The van der Waals surface area contributed by atoms with Gasteiger partial charge in [-0.25, -0.2) is 14.6 Å². The third kappa shape index (κ3) is 7.71. The quantitative estimate of drug-likeness (QED) is 0.0961. The van der Waals surface area contributed by atoms with Crippen molar-refractivity contribution in [2.75, 3.05) is 13.2 Å². The highest BCUT2D eigenvalue weighted by atomic mass is 79.9. The van der Waals surface area contributed by atoms with Crippen LogP contribution in [0.25, 0.3) is 6.08 Å². The van der Waals surface area contributed by atoms with E-state index in [9.17, 15) is 24.5 Å². The minimum absolute atomic E-state index is 0.000424. The van der Waals surface area contributed by atoms with E-state index in [1.54, 1.807) is 69.3 Å². The van der Waals surface area contributed by atoms with Gasteiger partial charge in [0.25, 0.3) is 5.56 Å². The SMILES string of the molecule is CCOC(=O)C1=C(C)N=c2s/c(=C\c3cc(Br)c(OCc4ccc(C(=O)OCC)cc4)c([N+](=O)[O-])c3)c(=O)n2[C@H]1c1ccccc1OC(C)C. The average molecular weight is 765 g/mol. The van der Waals surface area contributed by atoms with Gasteiger partial charge in [-0.2, -0.15) is 0 Å². The molecule has 0 unspecified atom stereocenters. The first-order valence-corrected chi connectivity index (χ1v) is 17.4. The largest absolute Gasteiger partial charge is 0.491 e. The van der Waals surface area contributed by atoms with Gasteiger partial charge in [-0.05, 0) is 92.0 Å². The lowest BCUT2D eigenvalue weighted by Gasteiger charge is -2.26. The maximum atomic E-state index is 14.2. The maximum absolute atomic E-state index is 14.2. The van der Waals surface area contributed by atoms with E-state index in [1.807, 2.05) is 19.9 Å². The zero-order valence-corrected chi connectivity index (χ0v) is 30.3. The number of carbonyl (C=O) groups excluding carboxylic acids is 2. The van der Waals surface area contributed by atoms with Crippen molar-refractivity contribution in [3.05, 3.63) is 128 Å². The number of para-hydroxylation sites is 1. The molecule has 14 heteroatoms. The molecular weight excluding hydrogens is 730 g/mol. The van der Waals surface area contributed by atoms with Gasteiger partial charge in [-0.1, -0.05) is 41.7 Å². The van der Waals surface area contributed by atoms with E-state index in [4.69, 9.17) is 18.9 Å². The van der Waals surface area contributed by atoms with Crippen LogP contribution in [0.2, 0.25) is 0 Å². The summed E-state index contributed by atoms with van der Waals surface area (Å²) in [6.45, 7) is 9.25. The van der Waals surface area contributed by atoms with Crippen molar-refractivity contribution in [1.82, 2.24) is 4.57 Å². The topological polar surface area (TPSA) is 149 Å². The number of ether oxygens (including phenoxy) is 4. The normalized spacial score (nSPS) is 14.2. The van der Waals surface area contributed by atoms with Gasteiger partial charge >= 0.3 is 17.6 Å². The summed E-state index contributed by atoms with van der Waals surface area (Å²) >= 11 is 4.51. The lowest BCUT2D eigenvalue weighted by Crippen LogP contribution is -2.40. The van der Waals surface area contributed by atoms with Gasteiger partial charge in [0, 0.05) is 11.6 Å². The molecule has 0 amide bonds. The number of esters is 2. The molecule has 4 aromatic rings. The Kier molecular flexibility index (Phi) is 11.3. The molecule has 1 aromatic heterocycles. The number of thiazole rings is 1. The van der Waals surface area contributed by atoms with E-state index < -0.39 is 28.5 Å². The maximum Gasteiger partial charge on any atom is 0.338 e. The van der Waals surface area contributed by atoms with Gasteiger partial charge in [-0.3, -0.25) is 19.5 Å². The molecule has 5 rings (SSSR count). The fourth-order valence-corrected chi connectivity index (χ4v) is 7.00. The Morgan fingerprint density at radius 3 is 2.40 bits per heavy atom. The first-order valence-electron chi connectivity index (χ1n) is 15.7. The summed E-state index contributed by atoms with van der Waals surface area (Å²) in [6.07, 6.45) is 1.36. The molecule has 1 aliphatic rings. The van der Waals surface area contributed by atoms with Crippen LogP contribution < -0.4 is 24.4 Å². The molecule has 1 atom stereocenters. The highest BCUT2D eigenvalue weighted by Crippen LogP contribution is 2.38. The number of benzene rings is 3. The Hall–Kier alpha value is -5.08. The van der Waals surface area contributed by atoms with Gasteiger partial charge < -0.3 is 18.9 Å². The van der Waals surface area contributed by atoms with Gasteiger partial charge in [0.2, 0.25) is 5.75 Å². The van der Waals surface area contributed by atoms with Gasteiger partial charge in [0.15, 0.2) is 4.80 Å². The van der Waals surface area contributed by atoms with Crippen molar-refractivity contribution < 1.29 is 33.5 Å². The number of nitrogens with zero attached hydrogens (tertiary/aromatic N) is 3. The monoisotopic (exact) mass is 763 g/mol. The van der Waals surface area contributed by atoms with E-state index in [0.29, 0.717) is 43.0 Å². The first kappa shape index (κ1) is 36.2. The van der Waals surface area contributed by atoms with Gasteiger partial charge in [0.05, 0.1) is 50.1 Å². The number of hydrogen-bond acceptors (Lipinski definition) is 11. The van der Waals surface area contributed by atoms with Crippen molar-refractivity contribution >= 4 is 51.0 Å². The van der Waals surface area contributed by atoms with Crippen LogP contribution >= 0.6 is 27.3 Å². The van der Waals surface area contributed by atoms with Crippen LogP contribution in [0.3, 0.4) is 0 Å². The minimum atomic E-state index is -0.898. The van der Waals surface area contributed by atoms with E-state index in [-0.39, 0.29) is 47.5 Å². The summed E-state index contributed by atoms with van der Waals surface area (Å²) < 4.78 is 24.3. The molecule has 0 N–H and O–H groups in total. The fraction of sp³-hybridized carbons (Fsp3) is 0.278. The molecule has 3 aromatic carbocycles. The van der Waals surface area contributed by atoms with Crippen LogP contribution in [0, 0.1) is 10.1 Å². The number of rotatable bonds is 12. The number of hydrogen-bond donors (Lipinski definition) is 0. The second-order valence-corrected chi connectivity index (χ2v) is 13.2. The smallest absolute Gasteiger partial charge is 0.338 e. The molecule has 12 nitrogen and oxygen atoms in total. The van der Waals surface area contributed by atoms with Crippen molar-refractivity contribution in [3.8, 4) is 11.5 Å². The minimum Gasteiger partial charge on any atom is -0.491 e. The molecule has 50 heavy (non-hydrogen) atoms. The molecule has 0 aliphatic carbocycles. The molecule has 1 aliphatic heterocycles. The van der Waals surface area contributed by atoms with Crippen LogP contribution in [0.4, 0.5) is 5.69 Å². The van der Waals surface area contributed by atoms with Crippen molar-refractivity contribution in [3.63, 3.8) is 0 Å². The zero-order chi connectivity index (χ0) is 36.1. The molecule has 0 saturated heterocycles. The van der Waals surface area contributed by atoms with Crippen LogP contribution in [-0.4, -0.2) is 40.7 Å². The second-order valence-electron chi connectivity index (χ2n) is 11.3. The summed E-state index contributed by atoms with van der Waals surface area (Å²) in [5.74, 6) is -0.544. The summed E-state index contributed by atoms with van der Waals surface area (Å²) in [5.41, 5.74) is 1.85. The first-order chi connectivity index (χ1) is 23.9. The lowest BCUT2D eigenvalue weighted by atomic mass is 9.95.